The molecule has 6 nitrogen and oxygen atoms in total. The van der Waals surface area contributed by atoms with Crippen molar-refractivity contribution in [2.24, 2.45) is 0 Å². The molecule has 2 aromatic rings. The molecule has 1 aliphatic heterocycles. The van der Waals surface area contributed by atoms with Crippen molar-refractivity contribution in [3.05, 3.63) is 52.0 Å². The number of ketones is 1. The number of rotatable bonds is 5. The lowest BCUT2D eigenvalue weighted by atomic mass is 9.88. The second kappa shape index (κ2) is 6.50. The van der Waals surface area contributed by atoms with Crippen LogP contribution < -0.4 is 14.8 Å². The number of nitrogens with one attached hydrogen (secondary N) is 1. The number of aliphatic hydroxyl groups is 1. The summed E-state index contributed by atoms with van der Waals surface area (Å²) in [5, 5.41) is 13.5. The van der Waals surface area contributed by atoms with E-state index in [0.717, 1.165) is 4.47 Å². The molecule has 25 heavy (non-hydrogen) atoms. The zero-order valence-electron chi connectivity index (χ0n) is 13.6. The van der Waals surface area contributed by atoms with Crippen molar-refractivity contribution in [3.8, 4) is 11.5 Å². The number of anilines is 1. The molecule has 0 unspecified atom stereocenters. The lowest BCUT2D eigenvalue weighted by Gasteiger charge is -2.20. The van der Waals surface area contributed by atoms with Gasteiger partial charge in [-0.2, -0.15) is 0 Å². The van der Waals surface area contributed by atoms with Crippen LogP contribution in [0.1, 0.15) is 22.3 Å². The highest BCUT2D eigenvalue weighted by atomic mass is 79.9. The van der Waals surface area contributed by atoms with Gasteiger partial charge in [0.05, 0.1) is 26.2 Å². The van der Waals surface area contributed by atoms with Crippen LogP contribution in [-0.4, -0.2) is 31.0 Å². The van der Waals surface area contributed by atoms with E-state index in [0.29, 0.717) is 22.7 Å². The highest BCUT2D eigenvalue weighted by molar-refractivity contribution is 9.10. The van der Waals surface area contributed by atoms with Gasteiger partial charge in [-0.3, -0.25) is 9.59 Å². The summed E-state index contributed by atoms with van der Waals surface area (Å²) in [7, 11) is 2.95. The molecule has 1 heterocycles. The van der Waals surface area contributed by atoms with Crippen molar-refractivity contribution in [2.75, 3.05) is 19.5 Å². The molecule has 1 aliphatic rings. The van der Waals surface area contributed by atoms with Crippen LogP contribution in [0.15, 0.2) is 40.9 Å². The van der Waals surface area contributed by atoms with Gasteiger partial charge in [0.2, 0.25) is 0 Å². The van der Waals surface area contributed by atoms with Gasteiger partial charge < -0.3 is 19.9 Å². The summed E-state index contributed by atoms with van der Waals surface area (Å²) in [6.45, 7) is 0. The first-order valence-electron chi connectivity index (χ1n) is 7.48. The van der Waals surface area contributed by atoms with Gasteiger partial charge in [0.15, 0.2) is 11.4 Å². The molecule has 0 bridgehead atoms. The van der Waals surface area contributed by atoms with Gasteiger partial charge in [-0.15, -0.1) is 0 Å². The number of fused-ring (bicyclic) bond motifs is 1. The molecule has 0 aromatic heterocycles. The molecule has 3 rings (SSSR count). The molecule has 7 heteroatoms. The van der Waals surface area contributed by atoms with E-state index in [1.165, 1.54) is 14.2 Å². The smallest absolute Gasteiger partial charge is 0.261 e. The highest BCUT2D eigenvalue weighted by Crippen LogP contribution is 2.41. The molecule has 2 aromatic carbocycles. The molecular weight excluding hydrogens is 390 g/mol. The van der Waals surface area contributed by atoms with Crippen LogP contribution in [0, 0.1) is 0 Å². The summed E-state index contributed by atoms with van der Waals surface area (Å²) in [6.07, 6.45) is -0.393. The number of methoxy groups -OCH3 is 2. The van der Waals surface area contributed by atoms with Crippen LogP contribution in [0.25, 0.3) is 0 Å². The Kier molecular flexibility index (Phi) is 4.53. The number of halogens is 1. The predicted molar refractivity (Wildman–Crippen MR) is 95.2 cm³/mol. The van der Waals surface area contributed by atoms with E-state index in [2.05, 4.69) is 21.2 Å². The van der Waals surface area contributed by atoms with Crippen molar-refractivity contribution in [1.82, 2.24) is 0 Å². The molecule has 0 spiro atoms. The SMILES string of the molecule is COc1ccc(C(=O)C[C@]2(O)C(=O)Nc3cc(Br)ccc32)c(OC)c1. The second-order valence-electron chi connectivity index (χ2n) is 5.67. The van der Waals surface area contributed by atoms with Crippen molar-refractivity contribution in [2.45, 2.75) is 12.0 Å². The Labute approximate surface area is 152 Å². The van der Waals surface area contributed by atoms with Crippen LogP contribution in [0.4, 0.5) is 5.69 Å². The Morgan fingerprint density at radius 2 is 1.96 bits per heavy atom. The second-order valence-corrected chi connectivity index (χ2v) is 6.59. The molecule has 0 aliphatic carbocycles. The third kappa shape index (κ3) is 3.01. The largest absolute Gasteiger partial charge is 0.497 e. The molecule has 130 valence electrons. The van der Waals surface area contributed by atoms with Crippen LogP contribution in [0.3, 0.4) is 0 Å². The normalized spacial score (nSPS) is 18.5. The summed E-state index contributed by atoms with van der Waals surface area (Å²) in [4.78, 5) is 25.0. The first-order chi connectivity index (χ1) is 11.9. The third-order valence-electron chi connectivity index (χ3n) is 4.18. The Bertz CT molecular complexity index is 867. The van der Waals surface area contributed by atoms with Crippen molar-refractivity contribution in [3.63, 3.8) is 0 Å². The Morgan fingerprint density at radius 3 is 2.64 bits per heavy atom. The van der Waals surface area contributed by atoms with Crippen molar-refractivity contribution >= 4 is 33.3 Å². The fraction of sp³-hybridized carbons (Fsp3) is 0.222. The van der Waals surface area contributed by atoms with Crippen LogP contribution in [-0.2, 0) is 10.4 Å². The number of hydrogen-bond acceptors (Lipinski definition) is 5. The lowest BCUT2D eigenvalue weighted by Crippen LogP contribution is -2.36. The Balaban J connectivity index is 1.95. The third-order valence-corrected chi connectivity index (χ3v) is 4.67. The standard InChI is InChI=1S/C18H16BrNO5/c1-24-11-4-5-12(16(8-11)25-2)15(21)9-18(23)13-6-3-10(19)7-14(13)20-17(18)22/h3-8,23H,9H2,1-2H3,(H,20,22)/t18-/m1/s1. The van der Waals surface area contributed by atoms with Gasteiger partial charge in [0.1, 0.15) is 11.5 Å². The van der Waals surface area contributed by atoms with Crippen LogP contribution >= 0.6 is 15.9 Å². The maximum absolute atomic E-state index is 12.7. The zero-order valence-corrected chi connectivity index (χ0v) is 15.2. The van der Waals surface area contributed by atoms with Gasteiger partial charge in [0, 0.05) is 21.8 Å². The van der Waals surface area contributed by atoms with E-state index in [4.69, 9.17) is 9.47 Å². The number of benzene rings is 2. The number of ether oxygens (including phenoxy) is 2. The minimum Gasteiger partial charge on any atom is -0.497 e. The molecule has 0 fully saturated rings. The summed E-state index contributed by atoms with van der Waals surface area (Å²) in [5.41, 5.74) is -0.786. The molecule has 0 radical (unpaired) electrons. The van der Waals surface area contributed by atoms with Gasteiger partial charge >= 0.3 is 0 Å². The average molecular weight is 406 g/mol. The Morgan fingerprint density at radius 1 is 1.20 bits per heavy atom. The molecule has 0 saturated carbocycles. The van der Waals surface area contributed by atoms with E-state index in [1.54, 1.807) is 36.4 Å². The molecule has 2 N–H and O–H groups in total. The summed E-state index contributed by atoms with van der Waals surface area (Å²) in [6, 6.07) is 9.78. The van der Waals surface area contributed by atoms with E-state index >= 15 is 0 Å². The van der Waals surface area contributed by atoms with Crippen molar-refractivity contribution in [1.29, 1.82) is 0 Å². The topological polar surface area (TPSA) is 84.9 Å². The first-order valence-corrected chi connectivity index (χ1v) is 8.27. The first kappa shape index (κ1) is 17.4. The number of hydrogen-bond donors (Lipinski definition) is 2. The molecule has 0 saturated heterocycles. The number of carbonyl (C=O) groups excluding carboxylic acids is 2. The Hall–Kier alpha value is -2.38. The van der Waals surface area contributed by atoms with Gasteiger partial charge in [-0.25, -0.2) is 0 Å². The number of Topliss-reactive ketones (excluding diaryl/α,β-unsaturated/α-hetero) is 1. The monoisotopic (exact) mass is 405 g/mol. The van der Waals surface area contributed by atoms with Crippen molar-refractivity contribution < 1.29 is 24.2 Å². The van der Waals surface area contributed by atoms with Gasteiger partial charge in [0.25, 0.3) is 5.91 Å². The molecule has 1 amide bonds. The molecule has 1 atom stereocenters. The maximum Gasteiger partial charge on any atom is 0.261 e. The summed E-state index contributed by atoms with van der Waals surface area (Å²) in [5.74, 6) is -0.169. The quantitative estimate of drug-likeness (QED) is 0.747. The van der Waals surface area contributed by atoms with E-state index < -0.39 is 23.7 Å². The summed E-state index contributed by atoms with van der Waals surface area (Å²) >= 11 is 3.31. The minimum atomic E-state index is -1.92. The lowest BCUT2D eigenvalue weighted by molar-refractivity contribution is -0.133. The number of amides is 1. The zero-order chi connectivity index (χ0) is 18.2. The molecular formula is C18H16BrNO5. The van der Waals surface area contributed by atoms with Gasteiger partial charge in [-0.05, 0) is 24.3 Å². The van der Waals surface area contributed by atoms with E-state index in [-0.39, 0.29) is 5.56 Å². The van der Waals surface area contributed by atoms with E-state index in [9.17, 15) is 14.7 Å². The minimum absolute atomic E-state index is 0.273. The van der Waals surface area contributed by atoms with Crippen LogP contribution in [0.5, 0.6) is 11.5 Å². The highest BCUT2D eigenvalue weighted by Gasteiger charge is 2.47. The van der Waals surface area contributed by atoms with Gasteiger partial charge in [-0.1, -0.05) is 22.0 Å². The fourth-order valence-electron chi connectivity index (χ4n) is 2.86. The predicted octanol–water partition coefficient (Wildman–Crippen LogP) is 2.88. The number of carbonyl (C=O) groups is 2. The maximum atomic E-state index is 12.7. The summed E-state index contributed by atoms with van der Waals surface area (Å²) < 4.78 is 11.1. The average Bonchev–Trinajstić information content (AvgIpc) is 2.83. The van der Waals surface area contributed by atoms with Crippen LogP contribution in [0.2, 0.25) is 0 Å². The van der Waals surface area contributed by atoms with E-state index in [1.807, 2.05) is 0 Å². The fourth-order valence-corrected chi connectivity index (χ4v) is 3.22.